The van der Waals surface area contributed by atoms with E-state index in [1.165, 1.54) is 17.5 Å². The number of amides is 1. The van der Waals surface area contributed by atoms with Crippen molar-refractivity contribution < 1.29 is 9.21 Å². The Labute approximate surface area is 160 Å². The summed E-state index contributed by atoms with van der Waals surface area (Å²) in [7, 11) is 0. The van der Waals surface area contributed by atoms with Crippen LogP contribution >= 0.6 is 0 Å². The third kappa shape index (κ3) is 3.82. The summed E-state index contributed by atoms with van der Waals surface area (Å²) in [5, 5.41) is 3.03. The van der Waals surface area contributed by atoms with Gasteiger partial charge in [-0.1, -0.05) is 32.0 Å². The molecule has 0 spiro atoms. The smallest absolute Gasteiger partial charge is 0.255 e. The predicted molar refractivity (Wildman–Crippen MR) is 109 cm³/mol. The zero-order valence-corrected chi connectivity index (χ0v) is 15.9. The number of carbonyl (C=O) groups is 1. The van der Waals surface area contributed by atoms with E-state index >= 15 is 0 Å². The lowest BCUT2D eigenvalue weighted by molar-refractivity contribution is 0.102. The maximum Gasteiger partial charge on any atom is 0.255 e. The summed E-state index contributed by atoms with van der Waals surface area (Å²) in [6, 6.07) is 17.6. The number of benzene rings is 2. The highest BCUT2D eigenvalue weighted by atomic mass is 16.3. The normalized spacial score (nSPS) is 16.2. The van der Waals surface area contributed by atoms with Crippen molar-refractivity contribution in [1.29, 1.82) is 0 Å². The Balaban J connectivity index is 1.45. The summed E-state index contributed by atoms with van der Waals surface area (Å²) in [6.45, 7) is 4.61. The van der Waals surface area contributed by atoms with E-state index in [1.54, 1.807) is 6.26 Å². The van der Waals surface area contributed by atoms with Gasteiger partial charge in [-0.2, -0.15) is 0 Å². The van der Waals surface area contributed by atoms with Gasteiger partial charge in [-0.3, -0.25) is 4.79 Å². The highest BCUT2D eigenvalue weighted by Gasteiger charge is 2.21. The van der Waals surface area contributed by atoms with Crippen LogP contribution in [0.5, 0.6) is 0 Å². The minimum Gasteiger partial charge on any atom is -0.464 e. The molecule has 4 rings (SSSR count). The van der Waals surface area contributed by atoms with Gasteiger partial charge in [0.2, 0.25) is 0 Å². The Bertz CT molecular complexity index is 924. The van der Waals surface area contributed by atoms with Crippen molar-refractivity contribution in [1.82, 2.24) is 0 Å². The largest absolute Gasteiger partial charge is 0.464 e. The lowest BCUT2D eigenvalue weighted by Crippen LogP contribution is -2.19. The number of anilines is 1. The van der Waals surface area contributed by atoms with Crippen molar-refractivity contribution in [2.45, 2.75) is 33.1 Å². The third-order valence-corrected chi connectivity index (χ3v) is 5.63. The van der Waals surface area contributed by atoms with Crippen molar-refractivity contribution in [3.63, 3.8) is 0 Å². The summed E-state index contributed by atoms with van der Waals surface area (Å²) in [5.41, 5.74) is 5.28. The zero-order valence-electron chi connectivity index (χ0n) is 15.9. The molecule has 0 bridgehead atoms. The average molecular weight is 359 g/mol. The van der Waals surface area contributed by atoms with Crippen LogP contribution in [-0.4, -0.2) is 5.91 Å². The molecule has 27 heavy (non-hydrogen) atoms. The lowest BCUT2D eigenvalue weighted by Gasteiger charge is -2.27. The molecule has 1 aromatic heterocycles. The molecule has 0 fully saturated rings. The standard InChI is InChI=1S/C24H25NO2/c1-16(2)19-9-10-21-15-22(12-11-20(21)14-19)25-24(26)18-7-5-17(6-8-18)23-4-3-13-27-23/h3-8,11-13,15-16,19H,9-10,14H2,1-2H3,(H,25,26). The van der Waals surface area contributed by atoms with Crippen LogP contribution in [-0.2, 0) is 12.8 Å². The van der Waals surface area contributed by atoms with E-state index < -0.39 is 0 Å². The first-order valence-electron chi connectivity index (χ1n) is 9.67. The van der Waals surface area contributed by atoms with Crippen LogP contribution in [0.15, 0.2) is 65.3 Å². The van der Waals surface area contributed by atoms with Gasteiger partial charge < -0.3 is 9.73 Å². The molecule has 1 aliphatic carbocycles. The number of hydrogen-bond acceptors (Lipinski definition) is 2. The topological polar surface area (TPSA) is 42.2 Å². The van der Waals surface area contributed by atoms with Gasteiger partial charge in [0.05, 0.1) is 6.26 Å². The highest BCUT2D eigenvalue weighted by molar-refractivity contribution is 6.04. The number of nitrogens with one attached hydrogen (secondary N) is 1. The minimum absolute atomic E-state index is 0.0863. The summed E-state index contributed by atoms with van der Waals surface area (Å²) < 4.78 is 5.39. The van der Waals surface area contributed by atoms with E-state index in [0.29, 0.717) is 5.56 Å². The molecule has 3 aromatic rings. The molecule has 1 unspecified atom stereocenters. The number of fused-ring (bicyclic) bond motifs is 1. The Kier molecular flexibility index (Phi) is 4.85. The summed E-state index contributed by atoms with van der Waals surface area (Å²) in [6.07, 6.45) is 5.13. The maximum atomic E-state index is 12.6. The second-order valence-electron chi connectivity index (χ2n) is 7.74. The molecule has 0 saturated carbocycles. The molecule has 0 radical (unpaired) electrons. The molecule has 1 heterocycles. The number of furan rings is 1. The summed E-state index contributed by atoms with van der Waals surface area (Å²) >= 11 is 0. The fourth-order valence-electron chi connectivity index (χ4n) is 3.86. The molecule has 138 valence electrons. The van der Waals surface area contributed by atoms with Gasteiger partial charge in [-0.05, 0) is 78.6 Å². The maximum absolute atomic E-state index is 12.6. The molecule has 3 heteroatoms. The van der Waals surface area contributed by atoms with Crippen molar-refractivity contribution in [2.24, 2.45) is 11.8 Å². The molecule has 0 aliphatic heterocycles. The van der Waals surface area contributed by atoms with Crippen LogP contribution in [0.2, 0.25) is 0 Å². The van der Waals surface area contributed by atoms with Gasteiger partial charge in [0.25, 0.3) is 5.91 Å². The first-order chi connectivity index (χ1) is 13.1. The van der Waals surface area contributed by atoms with Gasteiger partial charge in [0, 0.05) is 16.8 Å². The van der Waals surface area contributed by atoms with Crippen molar-refractivity contribution >= 4 is 11.6 Å². The molecule has 1 atom stereocenters. The second-order valence-corrected chi connectivity index (χ2v) is 7.74. The van der Waals surface area contributed by atoms with Gasteiger partial charge in [0.15, 0.2) is 0 Å². The van der Waals surface area contributed by atoms with Gasteiger partial charge >= 0.3 is 0 Å². The SMILES string of the molecule is CC(C)C1CCc2cc(NC(=O)c3ccc(-c4ccco4)cc3)ccc2C1. The van der Waals surface area contributed by atoms with Crippen LogP contribution in [0.4, 0.5) is 5.69 Å². The van der Waals surface area contributed by atoms with Crippen molar-refractivity contribution in [3.8, 4) is 11.3 Å². The molecular weight excluding hydrogens is 334 g/mol. The Morgan fingerprint density at radius 2 is 1.89 bits per heavy atom. The lowest BCUT2D eigenvalue weighted by atomic mass is 9.78. The van der Waals surface area contributed by atoms with Gasteiger partial charge in [-0.25, -0.2) is 0 Å². The second kappa shape index (κ2) is 7.43. The molecular formula is C24H25NO2. The molecule has 3 nitrogen and oxygen atoms in total. The molecule has 1 N–H and O–H groups in total. The van der Waals surface area contributed by atoms with E-state index in [4.69, 9.17) is 4.42 Å². The van der Waals surface area contributed by atoms with Crippen LogP contribution in [0, 0.1) is 11.8 Å². The van der Waals surface area contributed by atoms with Crippen LogP contribution in [0.3, 0.4) is 0 Å². The quantitative estimate of drug-likeness (QED) is 0.624. The Morgan fingerprint density at radius 1 is 1.07 bits per heavy atom. The monoisotopic (exact) mass is 359 g/mol. The fourth-order valence-corrected chi connectivity index (χ4v) is 3.86. The summed E-state index contributed by atoms with van der Waals surface area (Å²) in [5.74, 6) is 2.21. The first-order valence-corrected chi connectivity index (χ1v) is 9.67. The van der Waals surface area contributed by atoms with Gasteiger partial charge in [-0.15, -0.1) is 0 Å². The van der Waals surface area contributed by atoms with E-state index in [9.17, 15) is 4.79 Å². The number of hydrogen-bond donors (Lipinski definition) is 1. The third-order valence-electron chi connectivity index (χ3n) is 5.63. The van der Waals surface area contributed by atoms with Gasteiger partial charge in [0.1, 0.15) is 5.76 Å². The minimum atomic E-state index is -0.0863. The summed E-state index contributed by atoms with van der Waals surface area (Å²) in [4.78, 5) is 12.6. The first kappa shape index (κ1) is 17.6. The zero-order chi connectivity index (χ0) is 18.8. The average Bonchev–Trinajstić information content (AvgIpc) is 3.22. The number of carbonyl (C=O) groups excluding carboxylic acids is 1. The van der Waals surface area contributed by atoms with Crippen LogP contribution in [0.1, 0.15) is 41.8 Å². The van der Waals surface area contributed by atoms with E-state index in [1.807, 2.05) is 42.5 Å². The molecule has 0 saturated heterocycles. The molecule has 2 aromatic carbocycles. The Hall–Kier alpha value is -2.81. The number of aryl methyl sites for hydroxylation is 1. The van der Waals surface area contributed by atoms with E-state index in [-0.39, 0.29) is 5.91 Å². The molecule has 1 amide bonds. The highest BCUT2D eigenvalue weighted by Crippen LogP contribution is 2.31. The van der Waals surface area contributed by atoms with Crippen LogP contribution < -0.4 is 5.32 Å². The van der Waals surface area contributed by atoms with E-state index in [2.05, 4.69) is 31.3 Å². The predicted octanol–water partition coefficient (Wildman–Crippen LogP) is 5.96. The molecule has 1 aliphatic rings. The fraction of sp³-hybridized carbons (Fsp3) is 0.292. The van der Waals surface area contributed by atoms with E-state index in [0.717, 1.165) is 41.7 Å². The van der Waals surface area contributed by atoms with Crippen molar-refractivity contribution in [3.05, 3.63) is 77.6 Å². The van der Waals surface area contributed by atoms with Crippen molar-refractivity contribution in [2.75, 3.05) is 5.32 Å². The van der Waals surface area contributed by atoms with Crippen LogP contribution in [0.25, 0.3) is 11.3 Å². The Morgan fingerprint density at radius 3 is 2.59 bits per heavy atom. The number of rotatable bonds is 4.